The van der Waals surface area contributed by atoms with Gasteiger partial charge in [0.05, 0.1) is 10.6 Å². The van der Waals surface area contributed by atoms with Crippen molar-refractivity contribution in [1.82, 2.24) is 9.88 Å². The van der Waals surface area contributed by atoms with E-state index < -0.39 is 18.6 Å². The molecule has 0 saturated heterocycles. The highest BCUT2D eigenvalue weighted by Crippen LogP contribution is 2.23. The molecule has 0 saturated carbocycles. The number of aromatic nitrogens is 1. The van der Waals surface area contributed by atoms with Gasteiger partial charge in [0.25, 0.3) is 5.91 Å². The molecule has 0 spiro atoms. The molecule has 1 heterocycles. The van der Waals surface area contributed by atoms with E-state index in [0.29, 0.717) is 0 Å². The lowest BCUT2D eigenvalue weighted by Gasteiger charge is -2.25. The minimum absolute atomic E-state index is 0.00514. The highest BCUT2D eigenvalue weighted by Gasteiger charge is 2.33. The van der Waals surface area contributed by atoms with Crippen LogP contribution in [0, 0.1) is 5.92 Å². The fourth-order valence-electron chi connectivity index (χ4n) is 1.60. The molecule has 1 amide bonds. The zero-order valence-electron chi connectivity index (χ0n) is 10.8. The number of nitrogens with zero attached hydrogens (tertiary/aromatic N) is 2. The van der Waals surface area contributed by atoms with Crippen LogP contribution in [0.25, 0.3) is 0 Å². The number of pyridine rings is 1. The Hall–Kier alpha value is -1.01. The third-order valence-electron chi connectivity index (χ3n) is 2.29. The Morgan fingerprint density at radius 1 is 1.40 bits per heavy atom. The van der Waals surface area contributed by atoms with Crippen LogP contribution >= 0.6 is 23.2 Å². The second-order valence-electron chi connectivity index (χ2n) is 4.69. The summed E-state index contributed by atoms with van der Waals surface area (Å²) in [6.45, 7) is 2.12. The molecular weight excluding hydrogens is 316 g/mol. The number of halogens is 5. The van der Waals surface area contributed by atoms with Crippen LogP contribution in [-0.2, 0) is 0 Å². The third-order valence-corrected chi connectivity index (χ3v) is 2.97. The summed E-state index contributed by atoms with van der Waals surface area (Å²) in [5.41, 5.74) is -0.0238. The standard InChI is InChI=1S/C12H13Cl2F3N2O/c1-7(2)5-19(6-12(15,16)17)11(20)8-3-9(13)10(14)18-4-8/h3-4,7H,5-6H2,1-2H3. The maximum absolute atomic E-state index is 12.5. The highest BCUT2D eigenvalue weighted by molar-refractivity contribution is 6.41. The summed E-state index contributed by atoms with van der Waals surface area (Å²) in [5.74, 6) is -0.876. The Morgan fingerprint density at radius 3 is 2.45 bits per heavy atom. The van der Waals surface area contributed by atoms with Crippen LogP contribution in [0.4, 0.5) is 13.2 Å². The van der Waals surface area contributed by atoms with Gasteiger partial charge in [-0.15, -0.1) is 0 Å². The lowest BCUT2D eigenvalue weighted by molar-refractivity contribution is -0.141. The van der Waals surface area contributed by atoms with Gasteiger partial charge >= 0.3 is 6.18 Å². The van der Waals surface area contributed by atoms with Gasteiger partial charge in [0, 0.05) is 12.7 Å². The predicted molar refractivity (Wildman–Crippen MR) is 71.1 cm³/mol. The number of rotatable bonds is 4. The molecule has 1 aromatic rings. The lowest BCUT2D eigenvalue weighted by atomic mass is 10.1. The zero-order chi connectivity index (χ0) is 15.5. The molecule has 0 unspecified atom stereocenters. The molecule has 3 nitrogen and oxygen atoms in total. The van der Waals surface area contributed by atoms with E-state index >= 15 is 0 Å². The SMILES string of the molecule is CC(C)CN(CC(F)(F)F)C(=O)c1cnc(Cl)c(Cl)c1. The van der Waals surface area contributed by atoms with Gasteiger partial charge in [0.2, 0.25) is 0 Å². The van der Waals surface area contributed by atoms with Crippen LogP contribution in [0.2, 0.25) is 10.2 Å². The first-order chi connectivity index (χ1) is 9.10. The normalized spacial score (nSPS) is 11.8. The third kappa shape index (κ3) is 5.17. The average Bonchev–Trinajstić information content (AvgIpc) is 2.28. The van der Waals surface area contributed by atoms with Gasteiger partial charge in [0.15, 0.2) is 0 Å². The van der Waals surface area contributed by atoms with Crippen molar-refractivity contribution < 1.29 is 18.0 Å². The number of alkyl halides is 3. The highest BCUT2D eigenvalue weighted by atomic mass is 35.5. The van der Waals surface area contributed by atoms with Crippen molar-refractivity contribution in [2.45, 2.75) is 20.0 Å². The molecular formula is C12H13Cl2F3N2O. The number of carbonyl (C=O) groups excluding carboxylic acids is 1. The van der Waals surface area contributed by atoms with E-state index in [0.717, 1.165) is 11.1 Å². The number of carbonyl (C=O) groups is 1. The lowest BCUT2D eigenvalue weighted by Crippen LogP contribution is -2.41. The first kappa shape index (κ1) is 17.0. The second-order valence-corrected chi connectivity index (χ2v) is 5.46. The summed E-state index contributed by atoms with van der Waals surface area (Å²) in [7, 11) is 0. The van der Waals surface area contributed by atoms with Crippen LogP contribution in [0.1, 0.15) is 24.2 Å². The first-order valence-electron chi connectivity index (χ1n) is 5.77. The summed E-state index contributed by atoms with van der Waals surface area (Å²) >= 11 is 11.3. The molecule has 0 aliphatic heterocycles. The Kier molecular flexibility index (Phi) is 5.65. The molecule has 1 rings (SSSR count). The molecule has 1 aromatic heterocycles. The van der Waals surface area contributed by atoms with Gasteiger partial charge in [-0.2, -0.15) is 13.2 Å². The van der Waals surface area contributed by atoms with Crippen molar-refractivity contribution >= 4 is 29.1 Å². The first-order valence-corrected chi connectivity index (χ1v) is 6.53. The van der Waals surface area contributed by atoms with Crippen LogP contribution in [0.3, 0.4) is 0 Å². The maximum Gasteiger partial charge on any atom is 0.406 e. The fraction of sp³-hybridized carbons (Fsp3) is 0.500. The molecule has 0 aliphatic carbocycles. The van der Waals surface area contributed by atoms with E-state index in [1.54, 1.807) is 13.8 Å². The number of hydrogen-bond acceptors (Lipinski definition) is 2. The van der Waals surface area contributed by atoms with Crippen molar-refractivity contribution in [1.29, 1.82) is 0 Å². The second kappa shape index (κ2) is 6.63. The van der Waals surface area contributed by atoms with Gasteiger partial charge in [-0.3, -0.25) is 4.79 Å². The minimum atomic E-state index is -4.46. The summed E-state index contributed by atoms with van der Waals surface area (Å²) in [6.07, 6.45) is -3.35. The molecule has 0 bridgehead atoms. The van der Waals surface area contributed by atoms with Gasteiger partial charge < -0.3 is 4.90 Å². The summed E-state index contributed by atoms with van der Waals surface area (Å²) in [6, 6.07) is 1.21. The number of hydrogen-bond donors (Lipinski definition) is 0. The molecule has 0 atom stereocenters. The molecule has 0 N–H and O–H groups in total. The van der Waals surface area contributed by atoms with Crippen molar-refractivity contribution in [3.63, 3.8) is 0 Å². The maximum atomic E-state index is 12.5. The van der Waals surface area contributed by atoms with Gasteiger partial charge in [-0.05, 0) is 12.0 Å². The molecule has 0 aliphatic rings. The Labute approximate surface area is 124 Å². The van der Waals surface area contributed by atoms with Crippen LogP contribution in [0.5, 0.6) is 0 Å². The average molecular weight is 329 g/mol. The predicted octanol–water partition coefficient (Wildman–Crippen LogP) is 4.05. The molecule has 0 fully saturated rings. The topological polar surface area (TPSA) is 33.2 Å². The van der Waals surface area contributed by atoms with Crippen LogP contribution < -0.4 is 0 Å². The molecule has 112 valence electrons. The fourth-order valence-corrected chi connectivity index (χ4v) is 1.87. The van der Waals surface area contributed by atoms with Gasteiger partial charge in [-0.1, -0.05) is 37.0 Å². The van der Waals surface area contributed by atoms with Gasteiger partial charge in [0.1, 0.15) is 11.7 Å². The number of amides is 1. The summed E-state index contributed by atoms with van der Waals surface area (Å²) in [5, 5.41) is 0.0171. The summed E-state index contributed by atoms with van der Waals surface area (Å²) < 4.78 is 37.6. The molecule has 0 radical (unpaired) electrons. The van der Waals surface area contributed by atoms with Gasteiger partial charge in [-0.25, -0.2) is 4.98 Å². The van der Waals surface area contributed by atoms with Crippen molar-refractivity contribution in [3.8, 4) is 0 Å². The molecule has 8 heteroatoms. The Morgan fingerprint density at radius 2 is 2.00 bits per heavy atom. The van der Waals surface area contributed by atoms with E-state index in [2.05, 4.69) is 4.98 Å². The molecule has 20 heavy (non-hydrogen) atoms. The van der Waals surface area contributed by atoms with Crippen molar-refractivity contribution in [3.05, 3.63) is 28.0 Å². The van der Waals surface area contributed by atoms with Crippen LogP contribution in [-0.4, -0.2) is 35.1 Å². The van der Waals surface area contributed by atoms with Crippen molar-refractivity contribution in [2.75, 3.05) is 13.1 Å². The monoisotopic (exact) mass is 328 g/mol. The smallest absolute Gasteiger partial charge is 0.329 e. The Balaban J connectivity index is 2.99. The summed E-state index contributed by atoms with van der Waals surface area (Å²) in [4.78, 5) is 16.5. The Bertz CT molecular complexity index is 492. The van der Waals surface area contributed by atoms with E-state index in [-0.39, 0.29) is 28.2 Å². The van der Waals surface area contributed by atoms with E-state index in [4.69, 9.17) is 23.2 Å². The van der Waals surface area contributed by atoms with E-state index in [1.165, 1.54) is 6.07 Å². The van der Waals surface area contributed by atoms with Crippen LogP contribution in [0.15, 0.2) is 12.3 Å². The largest absolute Gasteiger partial charge is 0.406 e. The zero-order valence-corrected chi connectivity index (χ0v) is 12.4. The quantitative estimate of drug-likeness (QED) is 0.781. The van der Waals surface area contributed by atoms with E-state index in [1.807, 2.05) is 0 Å². The minimum Gasteiger partial charge on any atom is -0.329 e. The van der Waals surface area contributed by atoms with Crippen molar-refractivity contribution in [2.24, 2.45) is 5.92 Å². The molecule has 0 aromatic carbocycles. The van der Waals surface area contributed by atoms with E-state index in [9.17, 15) is 18.0 Å².